The maximum absolute atomic E-state index is 14.7. The standard InChI is InChI=1S/C36H48O10/c1-6-9-19(17-37)16-21-20(11-15-42-21)26-32(4)14-10-22-33(5,36(32)27(45-36)28(40)44-26)25(39)23(38)24-31(2,3)46-29-34(12-7-8-13-34)30(41)43-18-35(22,24)29/h11,15,19,22,24-27,29,37,39H,6-10,12-14,16-18H2,1-5H3. The van der Waals surface area contributed by atoms with Crippen molar-refractivity contribution >= 4 is 17.7 Å². The first-order chi connectivity index (χ1) is 21.8. The number of hydrogen-bond acceptors (Lipinski definition) is 10. The summed E-state index contributed by atoms with van der Waals surface area (Å²) in [5, 5.41) is 22.4. The van der Waals surface area contributed by atoms with Gasteiger partial charge >= 0.3 is 11.9 Å². The molecule has 0 bridgehead atoms. The lowest BCUT2D eigenvalue weighted by Gasteiger charge is -2.67. The number of hydrogen-bond donors (Lipinski definition) is 2. The maximum Gasteiger partial charge on any atom is 0.339 e. The van der Waals surface area contributed by atoms with Gasteiger partial charge in [0.1, 0.15) is 30.2 Å². The minimum Gasteiger partial charge on any atom is -0.469 e. The average molecular weight is 641 g/mol. The number of ketones is 1. The SMILES string of the molecule is CCCC(CO)Cc1occc1C1OC(=O)C2OC23C1(C)CCC1C24COC(=O)C5(CCCC5)C2OC(C)(C)C4C(=O)C(O)C13C. The Balaban J connectivity index is 1.26. The van der Waals surface area contributed by atoms with Crippen LogP contribution in [0.5, 0.6) is 0 Å². The monoisotopic (exact) mass is 640 g/mol. The Morgan fingerprint density at radius 1 is 1.02 bits per heavy atom. The number of Topliss-reactive ketones (excluding diaryl/α,β-unsaturated/α-hetero) is 1. The first-order valence-corrected chi connectivity index (χ1v) is 17.4. The van der Waals surface area contributed by atoms with E-state index in [9.17, 15) is 24.6 Å². The first-order valence-electron chi connectivity index (χ1n) is 17.4. The predicted molar refractivity (Wildman–Crippen MR) is 161 cm³/mol. The number of furan rings is 1. The molecule has 4 aliphatic heterocycles. The molecular formula is C36H48O10. The number of aliphatic hydroxyl groups is 2. The lowest BCUT2D eigenvalue weighted by Crippen LogP contribution is -2.77. The predicted octanol–water partition coefficient (Wildman–Crippen LogP) is 4.23. The fraction of sp³-hybridized carbons (Fsp3) is 0.806. The van der Waals surface area contributed by atoms with Crippen molar-refractivity contribution in [1.29, 1.82) is 0 Å². The van der Waals surface area contributed by atoms with Gasteiger partial charge < -0.3 is 33.6 Å². The molecule has 3 spiro atoms. The molecule has 7 aliphatic rings. The number of carbonyl (C=O) groups is 3. The van der Waals surface area contributed by atoms with Crippen molar-refractivity contribution in [1.82, 2.24) is 0 Å². The van der Waals surface area contributed by atoms with Crippen molar-refractivity contribution in [2.75, 3.05) is 13.2 Å². The average Bonchev–Trinajstić information content (AvgIpc) is 3.27. The number of ether oxygens (including phenoxy) is 4. The summed E-state index contributed by atoms with van der Waals surface area (Å²) < 4.78 is 31.8. The molecule has 5 heterocycles. The molecule has 3 aliphatic carbocycles. The highest BCUT2D eigenvalue weighted by molar-refractivity contribution is 5.92. The van der Waals surface area contributed by atoms with Crippen LogP contribution in [0.2, 0.25) is 0 Å². The van der Waals surface area contributed by atoms with Crippen LogP contribution >= 0.6 is 0 Å². The molecule has 11 unspecified atom stereocenters. The van der Waals surface area contributed by atoms with Gasteiger partial charge in [-0.1, -0.05) is 40.0 Å². The van der Waals surface area contributed by atoms with Gasteiger partial charge in [-0.2, -0.15) is 0 Å². The number of cyclic esters (lactones) is 2. The third kappa shape index (κ3) is 3.35. The van der Waals surface area contributed by atoms with Gasteiger partial charge in [-0.15, -0.1) is 0 Å². The van der Waals surface area contributed by atoms with E-state index in [0.717, 1.165) is 31.2 Å². The fourth-order valence-corrected chi connectivity index (χ4v) is 12.5. The molecule has 11 atom stereocenters. The Hall–Kier alpha value is -2.27. The highest BCUT2D eigenvalue weighted by Crippen LogP contribution is 2.81. The molecule has 0 amide bonds. The zero-order chi connectivity index (χ0) is 32.7. The van der Waals surface area contributed by atoms with Crippen molar-refractivity contribution in [2.45, 2.75) is 128 Å². The molecule has 46 heavy (non-hydrogen) atoms. The Labute approximate surface area is 269 Å². The Bertz CT molecular complexity index is 1470. The van der Waals surface area contributed by atoms with Gasteiger partial charge in [0, 0.05) is 34.8 Å². The maximum atomic E-state index is 14.7. The van der Waals surface area contributed by atoms with Crippen LogP contribution in [-0.4, -0.2) is 70.7 Å². The van der Waals surface area contributed by atoms with E-state index in [2.05, 4.69) is 13.8 Å². The van der Waals surface area contributed by atoms with Crippen LogP contribution in [0.15, 0.2) is 16.7 Å². The van der Waals surface area contributed by atoms with Crippen molar-refractivity contribution in [3.63, 3.8) is 0 Å². The molecule has 2 N–H and O–H groups in total. The smallest absolute Gasteiger partial charge is 0.339 e. The van der Waals surface area contributed by atoms with E-state index in [-0.39, 0.29) is 36.8 Å². The van der Waals surface area contributed by atoms with Crippen LogP contribution in [0, 0.1) is 39.4 Å². The summed E-state index contributed by atoms with van der Waals surface area (Å²) in [5.74, 6) is -1.41. The van der Waals surface area contributed by atoms with Crippen LogP contribution in [0.3, 0.4) is 0 Å². The molecule has 1 aromatic rings. The number of epoxide rings is 1. The van der Waals surface area contributed by atoms with Gasteiger partial charge in [0.05, 0.1) is 29.3 Å². The molecule has 10 heteroatoms. The second-order valence-electron chi connectivity index (χ2n) is 16.6. The summed E-state index contributed by atoms with van der Waals surface area (Å²) in [6, 6.07) is 1.84. The lowest BCUT2D eigenvalue weighted by molar-refractivity contribution is -0.264. The van der Waals surface area contributed by atoms with Crippen LogP contribution in [0.25, 0.3) is 0 Å². The van der Waals surface area contributed by atoms with E-state index in [1.807, 2.05) is 26.8 Å². The third-order valence-electron chi connectivity index (χ3n) is 14.2. The fourth-order valence-electron chi connectivity index (χ4n) is 12.5. The second kappa shape index (κ2) is 9.67. The summed E-state index contributed by atoms with van der Waals surface area (Å²) in [6.07, 6.45) is 4.49. The molecule has 0 aromatic carbocycles. The number of rotatable bonds is 6. The summed E-state index contributed by atoms with van der Waals surface area (Å²) >= 11 is 0. The quantitative estimate of drug-likeness (QED) is 0.342. The number of aliphatic hydroxyl groups excluding tert-OH is 2. The summed E-state index contributed by atoms with van der Waals surface area (Å²) in [7, 11) is 0. The number of esters is 2. The van der Waals surface area contributed by atoms with Gasteiger partial charge in [0.2, 0.25) is 0 Å². The highest BCUT2D eigenvalue weighted by atomic mass is 16.7. The van der Waals surface area contributed by atoms with E-state index in [1.54, 1.807) is 6.26 Å². The van der Waals surface area contributed by atoms with Crippen molar-refractivity contribution in [2.24, 2.45) is 39.4 Å². The van der Waals surface area contributed by atoms with Gasteiger partial charge in [-0.25, -0.2) is 4.79 Å². The Kier molecular flexibility index (Phi) is 6.52. The van der Waals surface area contributed by atoms with E-state index in [4.69, 9.17) is 23.4 Å². The van der Waals surface area contributed by atoms with Crippen molar-refractivity contribution in [3.8, 4) is 0 Å². The zero-order valence-corrected chi connectivity index (χ0v) is 27.6. The molecule has 3 saturated carbocycles. The van der Waals surface area contributed by atoms with Crippen molar-refractivity contribution < 1.29 is 48.0 Å². The van der Waals surface area contributed by atoms with Gasteiger partial charge in [0.25, 0.3) is 0 Å². The first kappa shape index (κ1) is 31.0. The van der Waals surface area contributed by atoms with E-state index in [0.29, 0.717) is 37.9 Å². The van der Waals surface area contributed by atoms with E-state index >= 15 is 0 Å². The van der Waals surface area contributed by atoms with E-state index < -0.39 is 69.2 Å². The third-order valence-corrected chi connectivity index (χ3v) is 14.2. The molecular weight excluding hydrogens is 592 g/mol. The van der Waals surface area contributed by atoms with Crippen LogP contribution < -0.4 is 0 Å². The Morgan fingerprint density at radius 3 is 2.46 bits per heavy atom. The zero-order valence-electron chi connectivity index (χ0n) is 27.6. The normalized spacial score (nSPS) is 46.8. The van der Waals surface area contributed by atoms with Gasteiger partial charge in [0.15, 0.2) is 11.9 Å². The molecule has 252 valence electrons. The molecule has 1 aromatic heterocycles. The summed E-state index contributed by atoms with van der Waals surface area (Å²) in [5.41, 5.74) is -5.08. The summed E-state index contributed by atoms with van der Waals surface area (Å²) in [4.78, 5) is 42.2. The molecule has 10 nitrogen and oxygen atoms in total. The van der Waals surface area contributed by atoms with Crippen LogP contribution in [-0.2, 0) is 39.8 Å². The molecule has 4 saturated heterocycles. The topological polar surface area (TPSA) is 145 Å². The minimum atomic E-state index is -1.42. The van der Waals surface area contributed by atoms with Gasteiger partial charge in [-0.3, -0.25) is 9.59 Å². The molecule has 0 radical (unpaired) electrons. The van der Waals surface area contributed by atoms with Gasteiger partial charge in [-0.05, 0) is 63.9 Å². The number of fused-ring (bicyclic) bond motifs is 2. The number of carbonyl (C=O) groups excluding carboxylic acids is 3. The highest BCUT2D eigenvalue weighted by Gasteiger charge is 2.91. The summed E-state index contributed by atoms with van der Waals surface area (Å²) in [6.45, 7) is 9.95. The lowest BCUT2D eigenvalue weighted by atomic mass is 9.35. The van der Waals surface area contributed by atoms with Crippen LogP contribution in [0.4, 0.5) is 0 Å². The van der Waals surface area contributed by atoms with E-state index in [1.165, 1.54) is 0 Å². The van der Waals surface area contributed by atoms with Crippen LogP contribution in [0.1, 0.15) is 103 Å². The molecule has 7 fully saturated rings. The minimum absolute atomic E-state index is 0.00234. The second-order valence-corrected chi connectivity index (χ2v) is 16.6. The largest absolute Gasteiger partial charge is 0.469 e. The molecule has 8 rings (SSSR count). The van der Waals surface area contributed by atoms with Crippen molar-refractivity contribution in [3.05, 3.63) is 23.7 Å². The Morgan fingerprint density at radius 2 is 1.76 bits per heavy atom.